The lowest BCUT2D eigenvalue weighted by atomic mass is 10.1. The Morgan fingerprint density at radius 2 is 2.00 bits per heavy atom. The van der Waals surface area contributed by atoms with E-state index in [1.54, 1.807) is 19.1 Å². The summed E-state index contributed by atoms with van der Waals surface area (Å²) < 4.78 is 33.6. The topological polar surface area (TPSA) is 81.4 Å². The number of carboxylic acid groups (broad SMARTS) is 1. The summed E-state index contributed by atoms with van der Waals surface area (Å²) in [6, 6.07) is 9.34. The monoisotopic (exact) mass is 464 g/mol. The Balaban J connectivity index is 1.85. The summed E-state index contributed by atoms with van der Waals surface area (Å²) in [7, 11) is 0. The third-order valence-corrected chi connectivity index (χ3v) is 4.85. The summed E-state index contributed by atoms with van der Waals surface area (Å²) in [5, 5.41) is 9.10. The van der Waals surface area contributed by atoms with Crippen LogP contribution in [-0.2, 0) is 13.2 Å². The number of aromatic carboxylic acids is 1. The average molecular weight is 465 g/mol. The first kappa shape index (κ1) is 20.7. The first-order chi connectivity index (χ1) is 13.8. The molecule has 0 bridgehead atoms. The minimum Gasteiger partial charge on any atom is -0.478 e. The number of nitrogens with zero attached hydrogens (tertiary/aromatic N) is 2. The van der Waals surface area contributed by atoms with Crippen LogP contribution in [-0.4, -0.2) is 20.6 Å². The molecule has 0 saturated carbocycles. The zero-order valence-electron chi connectivity index (χ0n) is 15.2. The van der Waals surface area contributed by atoms with Crippen molar-refractivity contribution in [3.63, 3.8) is 0 Å². The van der Waals surface area contributed by atoms with E-state index in [0.29, 0.717) is 11.4 Å². The standard InChI is InChI=1S/C20H15BrF2N2O4/c1-11-24-18(29-10-14-5-6-15(22)8-16(14)23)17(21)19(26)25(11)9-12-3-2-4-13(7-12)20(27)28/h2-8H,9-10H2,1H3,(H,27,28). The second kappa shape index (κ2) is 8.52. The summed E-state index contributed by atoms with van der Waals surface area (Å²) in [6.07, 6.45) is 0. The summed E-state index contributed by atoms with van der Waals surface area (Å²) in [5.74, 6) is -2.22. The fraction of sp³-hybridized carbons (Fsp3) is 0.150. The van der Waals surface area contributed by atoms with Crippen LogP contribution in [0, 0.1) is 18.6 Å². The maximum Gasteiger partial charge on any atom is 0.335 e. The molecule has 1 aromatic heterocycles. The Bertz CT molecular complexity index is 1150. The maximum atomic E-state index is 13.7. The Labute approximate surface area is 172 Å². The van der Waals surface area contributed by atoms with Gasteiger partial charge in [-0.3, -0.25) is 9.36 Å². The molecule has 0 radical (unpaired) electrons. The van der Waals surface area contributed by atoms with Gasteiger partial charge < -0.3 is 9.84 Å². The van der Waals surface area contributed by atoms with E-state index in [-0.39, 0.29) is 34.6 Å². The van der Waals surface area contributed by atoms with Crippen LogP contribution in [0.1, 0.15) is 27.3 Å². The predicted molar refractivity (Wildman–Crippen MR) is 104 cm³/mol. The molecule has 0 aliphatic heterocycles. The van der Waals surface area contributed by atoms with Crippen molar-refractivity contribution in [3.05, 3.63) is 91.4 Å². The van der Waals surface area contributed by atoms with Crippen LogP contribution >= 0.6 is 15.9 Å². The minimum absolute atomic E-state index is 0.0215. The number of aryl methyl sites for hydroxylation is 1. The van der Waals surface area contributed by atoms with Gasteiger partial charge in [-0.2, -0.15) is 4.98 Å². The molecular formula is C20H15BrF2N2O4. The molecule has 9 heteroatoms. The highest BCUT2D eigenvalue weighted by atomic mass is 79.9. The van der Waals surface area contributed by atoms with Crippen molar-refractivity contribution < 1.29 is 23.4 Å². The predicted octanol–water partition coefficient (Wildman–Crippen LogP) is 3.92. The van der Waals surface area contributed by atoms with E-state index in [4.69, 9.17) is 9.84 Å². The van der Waals surface area contributed by atoms with Gasteiger partial charge in [-0.1, -0.05) is 12.1 Å². The molecule has 2 aromatic carbocycles. The highest BCUT2D eigenvalue weighted by Crippen LogP contribution is 2.21. The lowest BCUT2D eigenvalue weighted by molar-refractivity contribution is 0.0696. The number of ether oxygens (including phenoxy) is 1. The molecule has 0 spiro atoms. The van der Waals surface area contributed by atoms with Gasteiger partial charge in [0.05, 0.1) is 12.1 Å². The van der Waals surface area contributed by atoms with E-state index in [2.05, 4.69) is 20.9 Å². The molecule has 0 aliphatic carbocycles. The largest absolute Gasteiger partial charge is 0.478 e. The van der Waals surface area contributed by atoms with Gasteiger partial charge in [0.25, 0.3) is 5.56 Å². The van der Waals surface area contributed by atoms with Crippen LogP contribution in [0.3, 0.4) is 0 Å². The molecule has 0 unspecified atom stereocenters. The van der Waals surface area contributed by atoms with Crippen molar-refractivity contribution in [2.45, 2.75) is 20.1 Å². The number of rotatable bonds is 6. The number of carboxylic acids is 1. The SMILES string of the molecule is Cc1nc(OCc2ccc(F)cc2F)c(Br)c(=O)n1Cc1cccc(C(=O)O)c1. The minimum atomic E-state index is -1.06. The molecule has 0 amide bonds. The summed E-state index contributed by atoms with van der Waals surface area (Å²) in [5.41, 5.74) is 0.410. The van der Waals surface area contributed by atoms with Crippen molar-refractivity contribution in [1.82, 2.24) is 9.55 Å². The number of hydrogen-bond donors (Lipinski definition) is 1. The molecule has 1 heterocycles. The third kappa shape index (κ3) is 4.68. The first-order valence-electron chi connectivity index (χ1n) is 8.42. The molecule has 150 valence electrons. The summed E-state index contributed by atoms with van der Waals surface area (Å²) in [4.78, 5) is 28.1. The summed E-state index contributed by atoms with van der Waals surface area (Å²) in [6.45, 7) is 1.48. The Kier molecular flexibility index (Phi) is 6.07. The van der Waals surface area contributed by atoms with Gasteiger partial charge in [0.15, 0.2) is 0 Å². The number of aromatic nitrogens is 2. The molecule has 0 saturated heterocycles. The molecule has 1 N–H and O–H groups in total. The number of benzene rings is 2. The van der Waals surface area contributed by atoms with Gasteiger partial charge in [0, 0.05) is 11.6 Å². The Hall–Kier alpha value is -3.07. The highest BCUT2D eigenvalue weighted by Gasteiger charge is 2.16. The third-order valence-electron chi connectivity index (χ3n) is 4.17. The molecule has 0 fully saturated rings. The molecular weight excluding hydrogens is 450 g/mol. The van der Waals surface area contributed by atoms with Gasteiger partial charge in [0.2, 0.25) is 5.88 Å². The van der Waals surface area contributed by atoms with E-state index in [0.717, 1.165) is 12.1 Å². The van der Waals surface area contributed by atoms with E-state index in [9.17, 15) is 18.4 Å². The molecule has 0 aliphatic rings. The van der Waals surface area contributed by atoms with Gasteiger partial charge in [-0.05, 0) is 52.7 Å². The lowest BCUT2D eigenvalue weighted by Crippen LogP contribution is -2.26. The van der Waals surface area contributed by atoms with Gasteiger partial charge in [-0.25, -0.2) is 13.6 Å². The number of halogens is 3. The molecule has 6 nitrogen and oxygen atoms in total. The number of carbonyl (C=O) groups is 1. The normalized spacial score (nSPS) is 10.8. The molecule has 3 aromatic rings. The van der Waals surface area contributed by atoms with Crippen LogP contribution in [0.5, 0.6) is 5.88 Å². The quantitative estimate of drug-likeness (QED) is 0.597. The zero-order chi connectivity index (χ0) is 21.1. The van der Waals surface area contributed by atoms with Crippen molar-refractivity contribution in [2.24, 2.45) is 0 Å². The van der Waals surface area contributed by atoms with Crippen molar-refractivity contribution >= 4 is 21.9 Å². The van der Waals surface area contributed by atoms with E-state index < -0.39 is 23.2 Å². The Morgan fingerprint density at radius 1 is 1.24 bits per heavy atom. The second-order valence-corrected chi connectivity index (χ2v) is 6.99. The average Bonchev–Trinajstić information content (AvgIpc) is 2.68. The van der Waals surface area contributed by atoms with Gasteiger partial charge in [-0.15, -0.1) is 0 Å². The van der Waals surface area contributed by atoms with Crippen molar-refractivity contribution in [2.75, 3.05) is 0 Å². The van der Waals surface area contributed by atoms with Crippen LogP contribution in [0.4, 0.5) is 8.78 Å². The molecule has 29 heavy (non-hydrogen) atoms. The fourth-order valence-corrected chi connectivity index (χ4v) is 3.08. The molecule has 0 atom stereocenters. The number of hydrogen-bond acceptors (Lipinski definition) is 4. The van der Waals surface area contributed by atoms with Crippen LogP contribution in [0.15, 0.2) is 51.7 Å². The molecule has 3 rings (SSSR count). The van der Waals surface area contributed by atoms with Crippen molar-refractivity contribution in [1.29, 1.82) is 0 Å². The van der Waals surface area contributed by atoms with Crippen LogP contribution in [0.2, 0.25) is 0 Å². The van der Waals surface area contributed by atoms with Gasteiger partial charge in [0.1, 0.15) is 28.5 Å². The lowest BCUT2D eigenvalue weighted by Gasteiger charge is -2.14. The van der Waals surface area contributed by atoms with E-state index in [1.165, 1.54) is 22.8 Å². The maximum absolute atomic E-state index is 13.7. The fourth-order valence-electron chi connectivity index (χ4n) is 2.67. The second-order valence-electron chi connectivity index (χ2n) is 6.20. The van der Waals surface area contributed by atoms with Crippen molar-refractivity contribution in [3.8, 4) is 5.88 Å². The Morgan fingerprint density at radius 3 is 2.69 bits per heavy atom. The van der Waals surface area contributed by atoms with E-state index >= 15 is 0 Å². The van der Waals surface area contributed by atoms with E-state index in [1.807, 2.05) is 0 Å². The van der Waals surface area contributed by atoms with Gasteiger partial charge >= 0.3 is 5.97 Å². The summed E-state index contributed by atoms with van der Waals surface area (Å²) >= 11 is 3.15. The highest BCUT2D eigenvalue weighted by molar-refractivity contribution is 9.10. The van der Waals surface area contributed by atoms with Crippen LogP contribution < -0.4 is 10.3 Å². The smallest absolute Gasteiger partial charge is 0.335 e. The van der Waals surface area contributed by atoms with Crippen LogP contribution in [0.25, 0.3) is 0 Å². The zero-order valence-corrected chi connectivity index (χ0v) is 16.7. The first-order valence-corrected chi connectivity index (χ1v) is 9.21.